The largest absolute Gasteiger partial charge is 0.368 e. The quantitative estimate of drug-likeness (QED) is 0.860. The van der Waals surface area contributed by atoms with Crippen molar-refractivity contribution in [2.24, 2.45) is 11.7 Å². The molecule has 3 N–H and O–H groups in total. The van der Waals surface area contributed by atoms with E-state index in [-0.39, 0.29) is 22.9 Å². The van der Waals surface area contributed by atoms with Gasteiger partial charge in [-0.05, 0) is 43.0 Å². The van der Waals surface area contributed by atoms with E-state index in [4.69, 9.17) is 17.3 Å². The summed E-state index contributed by atoms with van der Waals surface area (Å²) in [5.74, 6) is -0.772. The van der Waals surface area contributed by atoms with Crippen LogP contribution in [0.15, 0.2) is 18.2 Å². The molecule has 0 aromatic heterocycles. The van der Waals surface area contributed by atoms with Crippen LogP contribution in [-0.2, 0) is 4.79 Å². The SMILES string of the molecule is NC(=O)[C@H]1NCC[C@@H]1[CH]c1ccc(F)c(Cl)c1. The summed E-state index contributed by atoms with van der Waals surface area (Å²) in [6, 6.07) is 4.15. The third kappa shape index (κ3) is 2.76. The maximum absolute atomic E-state index is 13.0. The highest BCUT2D eigenvalue weighted by Gasteiger charge is 2.31. The first-order valence-electron chi connectivity index (χ1n) is 5.40. The smallest absolute Gasteiger partial charge is 0.234 e. The fraction of sp³-hybridized carbons (Fsp3) is 0.333. The third-order valence-electron chi connectivity index (χ3n) is 2.93. The fourth-order valence-corrected chi connectivity index (χ4v) is 2.27. The first-order chi connectivity index (χ1) is 8.08. The van der Waals surface area contributed by atoms with Crippen LogP contribution in [0.3, 0.4) is 0 Å². The topological polar surface area (TPSA) is 55.1 Å². The molecule has 1 aromatic rings. The van der Waals surface area contributed by atoms with E-state index in [0.717, 1.165) is 18.5 Å². The number of benzene rings is 1. The zero-order valence-electron chi connectivity index (χ0n) is 9.12. The van der Waals surface area contributed by atoms with Crippen molar-refractivity contribution in [2.75, 3.05) is 6.54 Å². The number of carbonyl (C=O) groups excluding carboxylic acids is 1. The minimum absolute atomic E-state index is 0.0361. The summed E-state index contributed by atoms with van der Waals surface area (Å²) < 4.78 is 13.0. The lowest BCUT2D eigenvalue weighted by Crippen LogP contribution is -2.40. The summed E-state index contributed by atoms with van der Waals surface area (Å²) in [7, 11) is 0. The van der Waals surface area contributed by atoms with Gasteiger partial charge in [-0.3, -0.25) is 4.79 Å². The van der Waals surface area contributed by atoms with E-state index in [1.54, 1.807) is 12.1 Å². The van der Waals surface area contributed by atoms with Crippen molar-refractivity contribution in [3.8, 4) is 0 Å². The van der Waals surface area contributed by atoms with Gasteiger partial charge in [0.15, 0.2) is 0 Å². The van der Waals surface area contributed by atoms with Gasteiger partial charge in [0, 0.05) is 0 Å². The van der Waals surface area contributed by atoms with Gasteiger partial charge in [0.05, 0.1) is 11.1 Å². The number of primary amides is 1. The first-order valence-corrected chi connectivity index (χ1v) is 5.78. The van der Waals surface area contributed by atoms with Crippen LogP contribution in [0.5, 0.6) is 0 Å². The van der Waals surface area contributed by atoms with E-state index in [1.807, 2.05) is 6.42 Å². The molecule has 0 saturated carbocycles. The minimum Gasteiger partial charge on any atom is -0.368 e. The molecule has 2 atom stereocenters. The maximum Gasteiger partial charge on any atom is 0.234 e. The standard InChI is InChI=1S/C12H13ClFN2O/c13-9-6-7(1-2-10(9)14)5-8-3-4-16-11(8)12(15)17/h1-2,5-6,8,11,16H,3-4H2,(H2,15,17)/t8-,11+/m1/s1. The number of halogens is 2. The highest BCUT2D eigenvalue weighted by Crippen LogP contribution is 2.25. The monoisotopic (exact) mass is 255 g/mol. The first kappa shape index (κ1) is 12.3. The van der Waals surface area contributed by atoms with E-state index in [9.17, 15) is 9.18 Å². The van der Waals surface area contributed by atoms with Crippen LogP contribution in [0.2, 0.25) is 5.02 Å². The lowest BCUT2D eigenvalue weighted by molar-refractivity contribution is -0.120. The Balaban J connectivity index is 2.09. The average Bonchev–Trinajstić information content (AvgIpc) is 2.72. The predicted molar refractivity (Wildman–Crippen MR) is 63.9 cm³/mol. The number of hydrogen-bond donors (Lipinski definition) is 2. The molecule has 0 aliphatic carbocycles. The van der Waals surface area contributed by atoms with Crippen LogP contribution >= 0.6 is 11.6 Å². The molecule has 91 valence electrons. The molecule has 2 rings (SSSR count). The number of amides is 1. The van der Waals surface area contributed by atoms with Crippen molar-refractivity contribution in [1.29, 1.82) is 0 Å². The van der Waals surface area contributed by atoms with Gasteiger partial charge < -0.3 is 11.1 Å². The molecule has 0 unspecified atom stereocenters. The molecule has 1 aromatic carbocycles. The normalized spacial score (nSPS) is 23.9. The molecule has 1 heterocycles. The van der Waals surface area contributed by atoms with Crippen LogP contribution in [-0.4, -0.2) is 18.5 Å². The van der Waals surface area contributed by atoms with Gasteiger partial charge in [0.2, 0.25) is 5.91 Å². The maximum atomic E-state index is 13.0. The zero-order chi connectivity index (χ0) is 12.4. The molecule has 1 fully saturated rings. The molecule has 1 aliphatic rings. The van der Waals surface area contributed by atoms with Crippen molar-refractivity contribution in [3.05, 3.63) is 41.0 Å². The summed E-state index contributed by atoms with van der Waals surface area (Å²) >= 11 is 5.70. The molecular formula is C12H13ClFN2O. The van der Waals surface area contributed by atoms with Gasteiger partial charge in [-0.2, -0.15) is 0 Å². The van der Waals surface area contributed by atoms with Crippen LogP contribution in [0, 0.1) is 18.2 Å². The number of hydrogen-bond acceptors (Lipinski definition) is 2. The molecule has 0 spiro atoms. The molecule has 3 nitrogen and oxygen atoms in total. The second-order valence-corrected chi connectivity index (χ2v) is 4.53. The van der Waals surface area contributed by atoms with E-state index < -0.39 is 5.82 Å². The lowest BCUT2D eigenvalue weighted by Gasteiger charge is -2.16. The summed E-state index contributed by atoms with van der Waals surface area (Å²) in [4.78, 5) is 11.2. The number of nitrogens with two attached hydrogens (primary N) is 1. The van der Waals surface area contributed by atoms with Gasteiger partial charge >= 0.3 is 0 Å². The van der Waals surface area contributed by atoms with E-state index in [1.165, 1.54) is 6.07 Å². The number of nitrogens with one attached hydrogen (secondary N) is 1. The van der Waals surface area contributed by atoms with Crippen LogP contribution < -0.4 is 11.1 Å². The Bertz CT molecular complexity index is 439. The minimum atomic E-state index is -0.445. The van der Waals surface area contributed by atoms with Gasteiger partial charge in [0.1, 0.15) is 5.82 Å². The van der Waals surface area contributed by atoms with Crippen LogP contribution in [0.25, 0.3) is 0 Å². The van der Waals surface area contributed by atoms with Gasteiger partial charge in [-0.1, -0.05) is 17.7 Å². The van der Waals surface area contributed by atoms with Crippen LogP contribution in [0.4, 0.5) is 4.39 Å². The van der Waals surface area contributed by atoms with Crippen molar-refractivity contribution in [2.45, 2.75) is 12.5 Å². The Morgan fingerprint density at radius 3 is 3.00 bits per heavy atom. The summed E-state index contributed by atoms with van der Waals surface area (Å²) in [5.41, 5.74) is 6.09. The number of rotatable bonds is 3. The Kier molecular flexibility index (Phi) is 3.64. The molecule has 5 heteroatoms. The molecule has 1 radical (unpaired) electrons. The van der Waals surface area contributed by atoms with E-state index in [0.29, 0.717) is 0 Å². The summed E-state index contributed by atoms with van der Waals surface area (Å²) in [6.07, 6.45) is 2.74. The Morgan fingerprint density at radius 2 is 2.35 bits per heavy atom. The highest BCUT2D eigenvalue weighted by molar-refractivity contribution is 6.30. The Morgan fingerprint density at radius 1 is 1.59 bits per heavy atom. The fourth-order valence-electron chi connectivity index (χ4n) is 2.08. The molecule has 0 bridgehead atoms. The van der Waals surface area contributed by atoms with Gasteiger partial charge in [-0.15, -0.1) is 0 Å². The van der Waals surface area contributed by atoms with Crippen molar-refractivity contribution < 1.29 is 9.18 Å². The Labute approximate surface area is 104 Å². The van der Waals surface area contributed by atoms with E-state index in [2.05, 4.69) is 5.32 Å². The molecule has 1 saturated heterocycles. The highest BCUT2D eigenvalue weighted by atomic mass is 35.5. The van der Waals surface area contributed by atoms with Gasteiger partial charge in [-0.25, -0.2) is 4.39 Å². The zero-order valence-corrected chi connectivity index (χ0v) is 9.88. The molecule has 1 amide bonds. The van der Waals surface area contributed by atoms with Crippen molar-refractivity contribution in [1.82, 2.24) is 5.32 Å². The Hall–Kier alpha value is -1.13. The van der Waals surface area contributed by atoms with Crippen LogP contribution in [0.1, 0.15) is 12.0 Å². The average molecular weight is 256 g/mol. The predicted octanol–water partition coefficient (Wildman–Crippen LogP) is 1.49. The third-order valence-corrected chi connectivity index (χ3v) is 3.22. The summed E-state index contributed by atoms with van der Waals surface area (Å²) in [6.45, 7) is 0.754. The number of carbonyl (C=O) groups is 1. The molecule has 17 heavy (non-hydrogen) atoms. The second-order valence-electron chi connectivity index (χ2n) is 4.13. The summed E-state index contributed by atoms with van der Waals surface area (Å²) in [5, 5.41) is 3.12. The van der Waals surface area contributed by atoms with E-state index >= 15 is 0 Å². The second kappa shape index (κ2) is 5.02. The van der Waals surface area contributed by atoms with Crippen molar-refractivity contribution in [3.63, 3.8) is 0 Å². The van der Waals surface area contributed by atoms with Crippen molar-refractivity contribution >= 4 is 17.5 Å². The molecule has 1 aliphatic heterocycles. The lowest BCUT2D eigenvalue weighted by atomic mass is 9.92. The van der Waals surface area contributed by atoms with Gasteiger partial charge in [0.25, 0.3) is 0 Å². The molecular weight excluding hydrogens is 243 g/mol.